The largest absolute Gasteiger partial charge is 0.496 e. The number of oxazole rings is 1. The Morgan fingerprint density at radius 3 is 2.86 bits per heavy atom. The van der Waals surface area contributed by atoms with Gasteiger partial charge in [0.1, 0.15) is 17.2 Å². The second-order valence-electron chi connectivity index (χ2n) is 7.29. The molecule has 7 nitrogen and oxygen atoms in total. The number of aromatic nitrogens is 3. The van der Waals surface area contributed by atoms with Crippen molar-refractivity contribution in [1.29, 1.82) is 0 Å². The summed E-state index contributed by atoms with van der Waals surface area (Å²) in [6.07, 6.45) is 7.39. The van der Waals surface area contributed by atoms with Gasteiger partial charge in [-0.05, 0) is 25.8 Å². The van der Waals surface area contributed by atoms with E-state index in [0.717, 1.165) is 35.6 Å². The van der Waals surface area contributed by atoms with Crippen molar-refractivity contribution in [3.8, 4) is 5.75 Å². The lowest BCUT2D eigenvalue weighted by Gasteiger charge is -2.31. The number of rotatable bonds is 5. The van der Waals surface area contributed by atoms with E-state index in [-0.39, 0.29) is 11.8 Å². The minimum Gasteiger partial charge on any atom is -0.496 e. The standard InChI is InChI=1S/C22H24N4O3/c1-15-11-24-19(13-23-15)22(27)26-9-5-7-17(14-26)21-25-12-18(29-21)10-16-6-3-4-8-20(16)28-2/h3-4,6,8,11-13,17H,5,7,9-10,14H2,1-2H3. The summed E-state index contributed by atoms with van der Waals surface area (Å²) in [4.78, 5) is 27.5. The van der Waals surface area contributed by atoms with Crippen molar-refractivity contribution >= 4 is 5.91 Å². The molecule has 1 saturated heterocycles. The number of carbonyl (C=O) groups excluding carboxylic acids is 1. The molecule has 1 aromatic carbocycles. The predicted molar refractivity (Wildman–Crippen MR) is 107 cm³/mol. The van der Waals surface area contributed by atoms with Crippen LogP contribution in [-0.2, 0) is 6.42 Å². The van der Waals surface area contributed by atoms with E-state index in [1.54, 1.807) is 19.5 Å². The Balaban J connectivity index is 1.45. The fourth-order valence-corrected chi connectivity index (χ4v) is 3.66. The van der Waals surface area contributed by atoms with Gasteiger partial charge >= 0.3 is 0 Å². The van der Waals surface area contributed by atoms with Crippen molar-refractivity contribution in [2.24, 2.45) is 0 Å². The van der Waals surface area contributed by atoms with Gasteiger partial charge in [-0.15, -0.1) is 0 Å². The van der Waals surface area contributed by atoms with Gasteiger partial charge in [0.25, 0.3) is 5.91 Å². The first-order chi connectivity index (χ1) is 14.1. The average molecular weight is 392 g/mol. The number of hydrogen-bond donors (Lipinski definition) is 0. The van der Waals surface area contributed by atoms with E-state index < -0.39 is 0 Å². The SMILES string of the molecule is COc1ccccc1Cc1cnc(C2CCCN(C(=O)c3cnc(C)cn3)C2)o1. The summed E-state index contributed by atoms with van der Waals surface area (Å²) in [5.41, 5.74) is 2.22. The molecule has 1 amide bonds. The maximum atomic E-state index is 12.8. The van der Waals surface area contributed by atoms with Crippen molar-refractivity contribution in [3.05, 3.63) is 71.5 Å². The molecule has 0 aliphatic carbocycles. The zero-order valence-corrected chi connectivity index (χ0v) is 16.7. The van der Waals surface area contributed by atoms with Crippen LogP contribution in [0.4, 0.5) is 0 Å². The fraction of sp³-hybridized carbons (Fsp3) is 0.364. The van der Waals surface area contributed by atoms with E-state index in [4.69, 9.17) is 9.15 Å². The van der Waals surface area contributed by atoms with Gasteiger partial charge in [0.15, 0.2) is 5.89 Å². The van der Waals surface area contributed by atoms with Crippen LogP contribution in [0.3, 0.4) is 0 Å². The molecule has 1 aliphatic rings. The molecule has 1 atom stereocenters. The van der Waals surface area contributed by atoms with Gasteiger partial charge in [-0.2, -0.15) is 0 Å². The molecule has 2 aromatic heterocycles. The van der Waals surface area contributed by atoms with Crippen LogP contribution < -0.4 is 4.74 Å². The highest BCUT2D eigenvalue weighted by molar-refractivity contribution is 5.92. The van der Waals surface area contributed by atoms with Crippen LogP contribution >= 0.6 is 0 Å². The summed E-state index contributed by atoms with van der Waals surface area (Å²) in [7, 11) is 1.66. The number of nitrogens with zero attached hydrogens (tertiary/aromatic N) is 4. The maximum absolute atomic E-state index is 12.8. The average Bonchev–Trinajstić information content (AvgIpc) is 3.23. The lowest BCUT2D eigenvalue weighted by atomic mass is 9.98. The summed E-state index contributed by atoms with van der Waals surface area (Å²) < 4.78 is 11.5. The molecule has 150 valence electrons. The second kappa shape index (κ2) is 8.43. The molecule has 0 saturated carbocycles. The lowest BCUT2D eigenvalue weighted by Crippen LogP contribution is -2.39. The summed E-state index contributed by atoms with van der Waals surface area (Å²) in [6, 6.07) is 7.88. The number of ether oxygens (including phenoxy) is 1. The van der Waals surface area contributed by atoms with Crippen LogP contribution in [0.5, 0.6) is 5.75 Å². The minimum absolute atomic E-state index is 0.0810. The third kappa shape index (κ3) is 4.29. The zero-order valence-electron chi connectivity index (χ0n) is 16.7. The number of hydrogen-bond acceptors (Lipinski definition) is 6. The second-order valence-corrected chi connectivity index (χ2v) is 7.29. The summed E-state index contributed by atoms with van der Waals surface area (Å²) in [5.74, 6) is 2.29. The van der Waals surface area contributed by atoms with Crippen LogP contribution in [-0.4, -0.2) is 46.0 Å². The number of amides is 1. The van der Waals surface area contributed by atoms with Gasteiger partial charge in [0.05, 0.1) is 31.1 Å². The Hall–Kier alpha value is -3.22. The summed E-state index contributed by atoms with van der Waals surface area (Å²) in [5, 5.41) is 0. The summed E-state index contributed by atoms with van der Waals surface area (Å²) >= 11 is 0. The molecule has 0 N–H and O–H groups in total. The Morgan fingerprint density at radius 2 is 2.07 bits per heavy atom. The molecule has 1 aliphatic heterocycles. The Bertz CT molecular complexity index is 984. The fourth-order valence-electron chi connectivity index (χ4n) is 3.66. The normalized spacial score (nSPS) is 16.6. The number of likely N-dealkylation sites (tertiary alicyclic amines) is 1. The van der Waals surface area contributed by atoms with Crippen LogP contribution in [0.25, 0.3) is 0 Å². The molecule has 4 rings (SSSR count). The molecule has 1 unspecified atom stereocenters. The third-order valence-electron chi connectivity index (χ3n) is 5.19. The number of methoxy groups -OCH3 is 1. The molecule has 29 heavy (non-hydrogen) atoms. The molecule has 0 spiro atoms. The van der Waals surface area contributed by atoms with E-state index in [1.807, 2.05) is 36.1 Å². The van der Waals surface area contributed by atoms with Crippen molar-refractivity contribution in [3.63, 3.8) is 0 Å². The number of carbonyl (C=O) groups is 1. The summed E-state index contributed by atoms with van der Waals surface area (Å²) in [6.45, 7) is 3.13. The lowest BCUT2D eigenvalue weighted by molar-refractivity contribution is 0.0691. The smallest absolute Gasteiger partial charge is 0.274 e. The molecular weight excluding hydrogens is 368 g/mol. The first kappa shape index (κ1) is 19.1. The third-order valence-corrected chi connectivity index (χ3v) is 5.19. The molecule has 1 fully saturated rings. The molecule has 0 radical (unpaired) electrons. The molecule has 3 heterocycles. The van der Waals surface area contributed by atoms with Crippen LogP contribution in [0.1, 0.15) is 52.2 Å². The van der Waals surface area contributed by atoms with Gasteiger partial charge in [-0.1, -0.05) is 18.2 Å². The number of benzene rings is 1. The minimum atomic E-state index is -0.0944. The van der Waals surface area contributed by atoms with Gasteiger partial charge < -0.3 is 14.1 Å². The number of para-hydroxylation sites is 1. The topological polar surface area (TPSA) is 81.4 Å². The van der Waals surface area contributed by atoms with E-state index in [9.17, 15) is 4.79 Å². The van der Waals surface area contributed by atoms with Gasteiger partial charge in [-0.25, -0.2) is 9.97 Å². The molecule has 0 bridgehead atoms. The zero-order chi connectivity index (χ0) is 20.2. The van der Waals surface area contributed by atoms with E-state index in [2.05, 4.69) is 15.0 Å². The van der Waals surface area contributed by atoms with Crippen molar-refractivity contribution in [1.82, 2.24) is 19.9 Å². The predicted octanol–water partition coefficient (Wildman–Crippen LogP) is 3.39. The maximum Gasteiger partial charge on any atom is 0.274 e. The first-order valence-electron chi connectivity index (χ1n) is 9.78. The van der Waals surface area contributed by atoms with Crippen LogP contribution in [0, 0.1) is 6.92 Å². The highest BCUT2D eigenvalue weighted by atomic mass is 16.5. The Kier molecular flexibility index (Phi) is 5.55. The van der Waals surface area contributed by atoms with E-state index in [0.29, 0.717) is 31.1 Å². The van der Waals surface area contributed by atoms with Crippen LogP contribution in [0.15, 0.2) is 47.3 Å². The highest BCUT2D eigenvalue weighted by Gasteiger charge is 2.29. The van der Waals surface area contributed by atoms with Gasteiger partial charge in [0.2, 0.25) is 0 Å². The van der Waals surface area contributed by atoms with Crippen molar-refractivity contribution in [2.45, 2.75) is 32.1 Å². The molecule has 3 aromatic rings. The van der Waals surface area contributed by atoms with E-state index >= 15 is 0 Å². The van der Waals surface area contributed by atoms with Crippen LogP contribution in [0.2, 0.25) is 0 Å². The Morgan fingerprint density at radius 1 is 1.21 bits per heavy atom. The quantitative estimate of drug-likeness (QED) is 0.662. The number of aryl methyl sites for hydroxylation is 1. The van der Waals surface area contributed by atoms with E-state index in [1.165, 1.54) is 6.20 Å². The van der Waals surface area contributed by atoms with Crippen molar-refractivity contribution < 1.29 is 13.9 Å². The first-order valence-corrected chi connectivity index (χ1v) is 9.78. The van der Waals surface area contributed by atoms with Gasteiger partial charge in [0, 0.05) is 31.3 Å². The van der Waals surface area contributed by atoms with Crippen molar-refractivity contribution in [2.75, 3.05) is 20.2 Å². The number of piperidine rings is 1. The highest BCUT2D eigenvalue weighted by Crippen LogP contribution is 2.29. The molecule has 7 heteroatoms. The monoisotopic (exact) mass is 392 g/mol. The Labute approximate surface area is 169 Å². The van der Waals surface area contributed by atoms with Gasteiger partial charge in [-0.3, -0.25) is 9.78 Å². The molecular formula is C22H24N4O3.